The third kappa shape index (κ3) is 1.58. The minimum absolute atomic E-state index is 0.0612. The van der Waals surface area contributed by atoms with Crippen LogP contribution in [0.4, 0.5) is 5.82 Å². The summed E-state index contributed by atoms with van der Waals surface area (Å²) < 4.78 is 2.58. The maximum absolute atomic E-state index is 12.3. The average molecular weight is 297 g/mol. The van der Waals surface area contributed by atoms with E-state index in [2.05, 4.69) is 33.1 Å². The first kappa shape index (κ1) is 10.8. The fourth-order valence-corrected chi connectivity index (χ4v) is 2.74. The first-order valence-electron chi connectivity index (χ1n) is 5.63. The molecule has 2 aromatic heterocycles. The standard InChI is InChI=1S/C11H13BrN4O/c1-5(6-2-3-6)16-4-7(12)9-8(11(16)17)10(13)15-14-9/h4-6H,2-3H2,1H3,(H3,13,14,15)/t5-/m0/s1. The summed E-state index contributed by atoms with van der Waals surface area (Å²) in [6.45, 7) is 2.08. The highest BCUT2D eigenvalue weighted by Gasteiger charge is 2.30. The lowest BCUT2D eigenvalue weighted by Gasteiger charge is -2.14. The van der Waals surface area contributed by atoms with Crippen molar-refractivity contribution in [3.05, 3.63) is 21.0 Å². The van der Waals surface area contributed by atoms with Crippen molar-refractivity contribution in [1.29, 1.82) is 0 Å². The number of H-pyrrole nitrogens is 1. The van der Waals surface area contributed by atoms with E-state index in [4.69, 9.17) is 5.73 Å². The van der Waals surface area contributed by atoms with Gasteiger partial charge in [-0.3, -0.25) is 9.89 Å². The van der Waals surface area contributed by atoms with Crippen molar-refractivity contribution in [1.82, 2.24) is 14.8 Å². The normalized spacial score (nSPS) is 17.5. The Hall–Kier alpha value is -1.30. The Bertz CT molecular complexity index is 641. The lowest BCUT2D eigenvalue weighted by atomic mass is 10.2. The lowest BCUT2D eigenvalue weighted by molar-refractivity contribution is 0.473. The Morgan fingerprint density at radius 1 is 1.65 bits per heavy atom. The number of nitrogen functional groups attached to an aromatic ring is 1. The highest BCUT2D eigenvalue weighted by Crippen LogP contribution is 2.39. The average Bonchev–Trinajstić information content (AvgIpc) is 3.06. The van der Waals surface area contributed by atoms with Gasteiger partial charge >= 0.3 is 0 Å². The largest absolute Gasteiger partial charge is 0.382 e. The van der Waals surface area contributed by atoms with Gasteiger partial charge in [-0.1, -0.05) is 0 Å². The van der Waals surface area contributed by atoms with Gasteiger partial charge in [0.1, 0.15) is 5.39 Å². The molecule has 0 saturated heterocycles. The maximum Gasteiger partial charge on any atom is 0.264 e. The van der Waals surface area contributed by atoms with E-state index >= 15 is 0 Å². The summed E-state index contributed by atoms with van der Waals surface area (Å²) in [4.78, 5) is 12.3. The molecule has 0 unspecified atom stereocenters. The topological polar surface area (TPSA) is 76.7 Å². The summed E-state index contributed by atoms with van der Waals surface area (Å²) in [6.07, 6.45) is 4.22. The van der Waals surface area contributed by atoms with Crippen molar-refractivity contribution in [2.75, 3.05) is 5.73 Å². The molecule has 1 fully saturated rings. The number of aromatic amines is 1. The number of fused-ring (bicyclic) bond motifs is 1. The number of nitrogens with two attached hydrogens (primary N) is 1. The lowest BCUT2D eigenvalue weighted by Crippen LogP contribution is -2.24. The van der Waals surface area contributed by atoms with Gasteiger partial charge in [0.05, 0.1) is 9.99 Å². The molecule has 0 spiro atoms. The smallest absolute Gasteiger partial charge is 0.264 e. The number of rotatable bonds is 2. The SMILES string of the molecule is C[C@@H](C1CC1)n1cc(Br)c2[nH]nc(N)c2c1=O. The molecule has 2 aromatic rings. The molecule has 5 nitrogen and oxygen atoms in total. The van der Waals surface area contributed by atoms with E-state index in [0.29, 0.717) is 16.8 Å². The molecule has 2 heterocycles. The molecule has 17 heavy (non-hydrogen) atoms. The van der Waals surface area contributed by atoms with E-state index in [1.54, 1.807) is 4.57 Å². The molecular formula is C11H13BrN4O. The second kappa shape index (κ2) is 3.60. The minimum Gasteiger partial charge on any atom is -0.382 e. The number of nitrogens with one attached hydrogen (secondary N) is 1. The number of aromatic nitrogens is 3. The van der Waals surface area contributed by atoms with Gasteiger partial charge in [0.25, 0.3) is 5.56 Å². The van der Waals surface area contributed by atoms with E-state index in [0.717, 1.165) is 4.47 Å². The van der Waals surface area contributed by atoms with Crippen molar-refractivity contribution < 1.29 is 0 Å². The predicted octanol–water partition coefficient (Wildman–Crippen LogP) is 2.04. The van der Waals surface area contributed by atoms with Gasteiger partial charge in [-0.15, -0.1) is 0 Å². The highest BCUT2D eigenvalue weighted by atomic mass is 79.9. The molecule has 0 radical (unpaired) electrons. The van der Waals surface area contributed by atoms with Crippen LogP contribution in [0.3, 0.4) is 0 Å². The molecule has 1 atom stereocenters. The van der Waals surface area contributed by atoms with Gasteiger partial charge in [0.15, 0.2) is 5.82 Å². The van der Waals surface area contributed by atoms with Crippen molar-refractivity contribution in [3.63, 3.8) is 0 Å². The van der Waals surface area contributed by atoms with Crippen molar-refractivity contribution in [2.24, 2.45) is 5.92 Å². The van der Waals surface area contributed by atoms with Gasteiger partial charge < -0.3 is 10.3 Å². The van der Waals surface area contributed by atoms with E-state index < -0.39 is 0 Å². The van der Waals surface area contributed by atoms with E-state index in [1.807, 2.05) is 6.20 Å². The van der Waals surface area contributed by atoms with Crippen LogP contribution < -0.4 is 11.3 Å². The third-order valence-electron chi connectivity index (χ3n) is 3.48. The van der Waals surface area contributed by atoms with Crippen LogP contribution in [-0.2, 0) is 0 Å². The van der Waals surface area contributed by atoms with Crippen LogP contribution in [0.2, 0.25) is 0 Å². The molecule has 0 aromatic carbocycles. The van der Waals surface area contributed by atoms with Gasteiger partial charge in [-0.2, -0.15) is 5.10 Å². The summed E-state index contributed by atoms with van der Waals surface area (Å²) in [7, 11) is 0. The van der Waals surface area contributed by atoms with Crippen LogP contribution in [0.1, 0.15) is 25.8 Å². The molecule has 3 rings (SSSR count). The maximum atomic E-state index is 12.3. The molecule has 6 heteroatoms. The molecule has 0 aliphatic heterocycles. The Morgan fingerprint density at radius 2 is 2.35 bits per heavy atom. The first-order valence-corrected chi connectivity index (χ1v) is 6.43. The second-order valence-electron chi connectivity index (χ2n) is 4.63. The molecule has 3 N–H and O–H groups in total. The molecule has 1 aliphatic rings. The van der Waals surface area contributed by atoms with Gasteiger partial charge in [-0.05, 0) is 41.6 Å². The van der Waals surface area contributed by atoms with Crippen molar-refractivity contribution in [3.8, 4) is 0 Å². The molecule has 1 aliphatic carbocycles. The van der Waals surface area contributed by atoms with Crippen LogP contribution in [-0.4, -0.2) is 14.8 Å². The van der Waals surface area contributed by atoms with Gasteiger partial charge in [0.2, 0.25) is 0 Å². The van der Waals surface area contributed by atoms with Crippen molar-refractivity contribution >= 4 is 32.7 Å². The minimum atomic E-state index is -0.0612. The zero-order valence-electron chi connectivity index (χ0n) is 9.40. The monoisotopic (exact) mass is 296 g/mol. The summed E-state index contributed by atoms with van der Waals surface area (Å²) >= 11 is 3.45. The van der Waals surface area contributed by atoms with E-state index in [9.17, 15) is 4.79 Å². The number of anilines is 1. The Kier molecular flexibility index (Phi) is 2.29. The first-order chi connectivity index (χ1) is 8.09. The summed E-state index contributed by atoms with van der Waals surface area (Å²) in [6, 6.07) is 0.220. The van der Waals surface area contributed by atoms with Gasteiger partial charge in [0, 0.05) is 12.2 Å². The summed E-state index contributed by atoms with van der Waals surface area (Å²) in [5.74, 6) is 0.883. The predicted molar refractivity (Wildman–Crippen MR) is 69.9 cm³/mol. The van der Waals surface area contributed by atoms with E-state index in [1.165, 1.54) is 12.8 Å². The zero-order valence-corrected chi connectivity index (χ0v) is 11.0. The van der Waals surface area contributed by atoms with E-state index in [-0.39, 0.29) is 17.4 Å². The number of halogens is 1. The third-order valence-corrected chi connectivity index (χ3v) is 4.08. The number of pyridine rings is 1. The van der Waals surface area contributed by atoms with Crippen molar-refractivity contribution in [2.45, 2.75) is 25.8 Å². The summed E-state index contributed by atoms with van der Waals surface area (Å²) in [5, 5.41) is 7.14. The highest BCUT2D eigenvalue weighted by molar-refractivity contribution is 9.10. The zero-order chi connectivity index (χ0) is 12.2. The molecule has 0 amide bonds. The molecule has 0 bridgehead atoms. The Balaban J connectivity index is 2.28. The fraction of sp³-hybridized carbons (Fsp3) is 0.455. The number of hydrogen-bond donors (Lipinski definition) is 2. The molecule has 1 saturated carbocycles. The number of nitrogens with zero attached hydrogens (tertiary/aromatic N) is 2. The van der Waals surface area contributed by atoms with Crippen LogP contribution in [0.15, 0.2) is 15.5 Å². The fourth-order valence-electron chi connectivity index (χ4n) is 2.23. The summed E-state index contributed by atoms with van der Waals surface area (Å²) in [5.41, 5.74) is 6.34. The quantitative estimate of drug-likeness (QED) is 0.890. The Labute approximate surface area is 106 Å². The van der Waals surface area contributed by atoms with Crippen LogP contribution >= 0.6 is 15.9 Å². The van der Waals surface area contributed by atoms with Crippen LogP contribution in [0, 0.1) is 5.92 Å². The van der Waals surface area contributed by atoms with Crippen LogP contribution in [0.5, 0.6) is 0 Å². The van der Waals surface area contributed by atoms with Gasteiger partial charge in [-0.25, -0.2) is 0 Å². The Morgan fingerprint density at radius 3 is 3.00 bits per heavy atom. The number of hydrogen-bond acceptors (Lipinski definition) is 3. The molecule has 90 valence electrons. The molecular weight excluding hydrogens is 284 g/mol. The second-order valence-corrected chi connectivity index (χ2v) is 5.48. The van der Waals surface area contributed by atoms with Crippen LogP contribution in [0.25, 0.3) is 10.9 Å².